The van der Waals surface area contributed by atoms with Gasteiger partial charge in [-0.05, 0) is 29.2 Å². The second-order valence-electron chi connectivity index (χ2n) is 8.51. The van der Waals surface area contributed by atoms with Crippen molar-refractivity contribution >= 4 is 18.0 Å². The zero-order valence-corrected chi connectivity index (χ0v) is 19.5. The van der Waals surface area contributed by atoms with E-state index < -0.39 is 24.0 Å². The Hall–Kier alpha value is -4.21. The molecule has 1 aliphatic carbocycles. The van der Waals surface area contributed by atoms with Gasteiger partial charge in [0.25, 0.3) is 0 Å². The summed E-state index contributed by atoms with van der Waals surface area (Å²) in [6.07, 6.45) is 0.710. The molecule has 0 bridgehead atoms. The molecule has 3 N–H and O–H groups in total. The number of fused-ring (bicyclic) bond motifs is 3. The van der Waals surface area contributed by atoms with Crippen LogP contribution in [0.25, 0.3) is 11.1 Å². The molecule has 35 heavy (non-hydrogen) atoms. The van der Waals surface area contributed by atoms with Gasteiger partial charge in [-0.2, -0.15) is 0 Å². The number of carboxylic acids is 1. The van der Waals surface area contributed by atoms with Crippen molar-refractivity contribution in [2.24, 2.45) is 5.92 Å². The molecular formula is C25H27N5O5. The van der Waals surface area contributed by atoms with Crippen molar-refractivity contribution in [3.63, 3.8) is 0 Å². The normalized spacial score (nSPS) is 13.9. The number of hydrogen-bond acceptors (Lipinski definition) is 6. The van der Waals surface area contributed by atoms with Gasteiger partial charge in [0.05, 0.1) is 18.7 Å². The number of rotatable bonds is 9. The molecular weight excluding hydrogens is 450 g/mol. The Labute approximate surface area is 202 Å². The predicted molar refractivity (Wildman–Crippen MR) is 127 cm³/mol. The largest absolute Gasteiger partial charge is 0.476 e. The number of amides is 2. The third-order valence-corrected chi connectivity index (χ3v) is 6.25. The van der Waals surface area contributed by atoms with Crippen LogP contribution in [0.4, 0.5) is 4.79 Å². The Balaban J connectivity index is 1.25. The van der Waals surface area contributed by atoms with Gasteiger partial charge in [0.15, 0.2) is 5.69 Å². The van der Waals surface area contributed by atoms with E-state index >= 15 is 0 Å². The minimum Gasteiger partial charge on any atom is -0.476 e. The van der Waals surface area contributed by atoms with Crippen LogP contribution in [0, 0.1) is 5.92 Å². The van der Waals surface area contributed by atoms with Gasteiger partial charge in [0.1, 0.15) is 6.61 Å². The van der Waals surface area contributed by atoms with Crippen molar-refractivity contribution in [2.75, 3.05) is 13.2 Å². The van der Waals surface area contributed by atoms with Gasteiger partial charge < -0.3 is 20.5 Å². The van der Waals surface area contributed by atoms with Gasteiger partial charge in [-0.1, -0.05) is 60.7 Å². The Kier molecular flexibility index (Phi) is 7.09. The van der Waals surface area contributed by atoms with Crippen LogP contribution in [-0.4, -0.2) is 57.3 Å². The number of nitrogens with one attached hydrogen (secondary N) is 2. The monoisotopic (exact) mass is 477 g/mol. The van der Waals surface area contributed by atoms with E-state index in [-0.39, 0.29) is 37.2 Å². The van der Waals surface area contributed by atoms with E-state index in [1.54, 1.807) is 13.8 Å². The van der Waals surface area contributed by atoms with Crippen LogP contribution >= 0.6 is 0 Å². The topological polar surface area (TPSA) is 135 Å². The molecule has 0 saturated carbocycles. The van der Waals surface area contributed by atoms with E-state index in [4.69, 9.17) is 9.84 Å². The molecule has 2 unspecified atom stereocenters. The highest BCUT2D eigenvalue weighted by molar-refractivity contribution is 5.84. The third-order valence-electron chi connectivity index (χ3n) is 6.25. The van der Waals surface area contributed by atoms with Crippen molar-refractivity contribution < 1.29 is 24.2 Å². The molecule has 2 atom stereocenters. The quantitative estimate of drug-likeness (QED) is 0.431. The first-order chi connectivity index (χ1) is 16.8. The number of benzene rings is 2. The second kappa shape index (κ2) is 10.4. The van der Waals surface area contributed by atoms with Crippen molar-refractivity contribution in [1.82, 2.24) is 25.6 Å². The van der Waals surface area contributed by atoms with E-state index in [0.717, 1.165) is 22.3 Å². The minimum absolute atomic E-state index is 0.0393. The lowest BCUT2D eigenvalue weighted by molar-refractivity contribution is -0.125. The van der Waals surface area contributed by atoms with Gasteiger partial charge in [-0.15, -0.1) is 5.10 Å². The Morgan fingerprint density at radius 2 is 1.69 bits per heavy atom. The summed E-state index contributed by atoms with van der Waals surface area (Å²) in [5.74, 6) is -1.97. The number of nitrogens with zero attached hydrogens (tertiary/aromatic N) is 3. The summed E-state index contributed by atoms with van der Waals surface area (Å²) in [6.45, 7) is 4.16. The van der Waals surface area contributed by atoms with Crippen LogP contribution in [0.3, 0.4) is 0 Å². The fourth-order valence-corrected chi connectivity index (χ4v) is 4.14. The number of aromatic carboxylic acids is 1. The molecule has 0 radical (unpaired) electrons. The minimum atomic E-state index is -1.16. The maximum atomic E-state index is 12.5. The van der Waals surface area contributed by atoms with Crippen LogP contribution in [0.1, 0.15) is 41.4 Å². The van der Waals surface area contributed by atoms with Crippen LogP contribution < -0.4 is 10.6 Å². The van der Waals surface area contributed by atoms with E-state index in [1.807, 2.05) is 24.3 Å². The van der Waals surface area contributed by atoms with Gasteiger partial charge in [0, 0.05) is 18.5 Å². The first kappa shape index (κ1) is 23.9. The molecule has 1 aromatic heterocycles. The Morgan fingerprint density at radius 3 is 2.29 bits per heavy atom. The molecule has 4 rings (SSSR count). The lowest BCUT2D eigenvalue weighted by Gasteiger charge is -2.21. The summed E-state index contributed by atoms with van der Waals surface area (Å²) >= 11 is 0. The molecule has 10 nitrogen and oxygen atoms in total. The molecule has 1 aliphatic rings. The average Bonchev–Trinajstić information content (AvgIpc) is 3.45. The predicted octanol–water partition coefficient (Wildman–Crippen LogP) is 2.66. The lowest BCUT2D eigenvalue weighted by Crippen LogP contribution is -2.44. The van der Waals surface area contributed by atoms with Crippen LogP contribution in [-0.2, 0) is 16.1 Å². The molecule has 2 amide bonds. The van der Waals surface area contributed by atoms with Gasteiger partial charge in [-0.3, -0.25) is 4.79 Å². The van der Waals surface area contributed by atoms with E-state index in [2.05, 4.69) is 45.2 Å². The second-order valence-corrected chi connectivity index (χ2v) is 8.51. The lowest BCUT2D eigenvalue weighted by atomic mass is 9.98. The SMILES string of the molecule is CC(NC(=O)OCC1c2ccccc2-c2ccccc21)C(C)C(=O)NCCn1cc(C(=O)O)nn1. The van der Waals surface area contributed by atoms with Crippen molar-refractivity contribution in [3.05, 3.63) is 71.5 Å². The molecule has 0 spiro atoms. The van der Waals surface area contributed by atoms with Crippen molar-refractivity contribution in [2.45, 2.75) is 32.4 Å². The summed E-state index contributed by atoms with van der Waals surface area (Å²) in [5.41, 5.74) is 4.41. The van der Waals surface area contributed by atoms with Crippen LogP contribution in [0.15, 0.2) is 54.7 Å². The van der Waals surface area contributed by atoms with Crippen molar-refractivity contribution in [3.8, 4) is 11.1 Å². The van der Waals surface area contributed by atoms with Gasteiger partial charge in [0.2, 0.25) is 5.91 Å². The first-order valence-corrected chi connectivity index (χ1v) is 11.4. The molecule has 3 aromatic rings. The molecule has 0 aliphatic heterocycles. The number of ether oxygens (including phenoxy) is 1. The van der Waals surface area contributed by atoms with E-state index in [1.165, 1.54) is 10.9 Å². The number of carbonyl (C=O) groups is 3. The summed E-state index contributed by atoms with van der Waals surface area (Å²) in [4.78, 5) is 35.8. The number of carboxylic acid groups (broad SMARTS) is 1. The third kappa shape index (κ3) is 5.32. The Morgan fingerprint density at radius 1 is 1.06 bits per heavy atom. The summed E-state index contributed by atoms with van der Waals surface area (Å²) in [5, 5.41) is 21.6. The zero-order valence-electron chi connectivity index (χ0n) is 19.5. The fourth-order valence-electron chi connectivity index (χ4n) is 4.14. The molecule has 2 aromatic carbocycles. The highest BCUT2D eigenvalue weighted by Crippen LogP contribution is 2.44. The number of hydrogen-bond donors (Lipinski definition) is 3. The molecule has 0 fully saturated rings. The fraction of sp³-hybridized carbons (Fsp3) is 0.320. The smallest absolute Gasteiger partial charge is 0.407 e. The molecule has 182 valence electrons. The average molecular weight is 478 g/mol. The van der Waals surface area contributed by atoms with Crippen LogP contribution in [0.5, 0.6) is 0 Å². The van der Waals surface area contributed by atoms with Gasteiger partial charge in [-0.25, -0.2) is 14.3 Å². The molecule has 0 saturated heterocycles. The van der Waals surface area contributed by atoms with Crippen LogP contribution in [0.2, 0.25) is 0 Å². The molecule has 10 heteroatoms. The van der Waals surface area contributed by atoms with E-state index in [0.29, 0.717) is 0 Å². The van der Waals surface area contributed by atoms with Gasteiger partial charge >= 0.3 is 12.1 Å². The molecule has 1 heterocycles. The highest BCUT2D eigenvalue weighted by atomic mass is 16.5. The van der Waals surface area contributed by atoms with Crippen molar-refractivity contribution in [1.29, 1.82) is 0 Å². The summed E-state index contributed by atoms with van der Waals surface area (Å²) in [7, 11) is 0. The highest BCUT2D eigenvalue weighted by Gasteiger charge is 2.29. The zero-order chi connectivity index (χ0) is 24.9. The van der Waals surface area contributed by atoms with E-state index in [9.17, 15) is 14.4 Å². The summed E-state index contributed by atoms with van der Waals surface area (Å²) in [6, 6.07) is 15.8. The number of carbonyl (C=O) groups excluding carboxylic acids is 2. The summed E-state index contributed by atoms with van der Waals surface area (Å²) < 4.78 is 6.89. The number of aromatic nitrogens is 3. The Bertz CT molecular complexity index is 1190. The maximum Gasteiger partial charge on any atom is 0.407 e. The standard InChI is InChI=1S/C25H27N5O5/c1-15(23(31)26-11-12-30-13-22(24(32)33)28-29-30)16(2)27-25(34)35-14-21-19-9-5-3-7-17(19)18-8-4-6-10-20(18)21/h3-10,13,15-16,21H,11-12,14H2,1-2H3,(H,26,31)(H,27,34)(H,32,33). The maximum absolute atomic E-state index is 12.5. The number of alkyl carbamates (subject to hydrolysis) is 1. The first-order valence-electron chi connectivity index (χ1n) is 11.4.